The van der Waals surface area contributed by atoms with E-state index >= 15 is 0 Å². The number of amides is 1. The Labute approximate surface area is 180 Å². The summed E-state index contributed by atoms with van der Waals surface area (Å²) in [5.74, 6) is -0.287. The van der Waals surface area contributed by atoms with Crippen LogP contribution in [0.15, 0.2) is 46.0 Å². The molecule has 1 saturated carbocycles. The average Bonchev–Trinajstić information content (AvgIpc) is 3.14. The van der Waals surface area contributed by atoms with E-state index in [4.69, 9.17) is 9.25 Å². The normalized spacial score (nSPS) is 15.9. The van der Waals surface area contributed by atoms with Crippen LogP contribution in [0.3, 0.4) is 0 Å². The maximum absolute atomic E-state index is 13.0. The molecule has 0 unspecified atom stereocenters. The molecule has 0 atom stereocenters. The number of nitrogens with zero attached hydrogens (tertiary/aromatic N) is 2. The topological polar surface area (TPSA) is 93.8 Å². The largest absolute Gasteiger partial charge is 0.434 e. The molecule has 2 aromatic carbocycles. The number of benzene rings is 2. The Bertz CT molecular complexity index is 1100. The van der Waals surface area contributed by atoms with Gasteiger partial charge in [0.05, 0.1) is 0 Å². The third-order valence-corrected chi connectivity index (χ3v) is 5.50. The van der Waals surface area contributed by atoms with E-state index in [-0.39, 0.29) is 23.4 Å². The van der Waals surface area contributed by atoms with Crippen molar-refractivity contribution < 1.29 is 18.8 Å². The summed E-state index contributed by atoms with van der Waals surface area (Å²) < 4.78 is 5.86. The lowest BCUT2D eigenvalue weighted by Crippen LogP contribution is -2.36. The van der Waals surface area contributed by atoms with Crippen LogP contribution in [0, 0.1) is 5.41 Å². The number of carbonyl (C=O) groups excluding carboxylic acids is 2. The highest BCUT2D eigenvalue weighted by Gasteiger charge is 2.32. The van der Waals surface area contributed by atoms with E-state index in [0.29, 0.717) is 11.1 Å². The number of oxazole rings is 1. The fourth-order valence-corrected chi connectivity index (χ4v) is 3.77. The molecule has 1 aliphatic carbocycles. The Balaban J connectivity index is 1.64. The highest BCUT2D eigenvalue weighted by molar-refractivity contribution is 6.46. The van der Waals surface area contributed by atoms with Crippen LogP contribution in [0.25, 0.3) is 21.9 Å². The lowest BCUT2D eigenvalue weighted by molar-refractivity contribution is -0.119. The van der Waals surface area contributed by atoms with Gasteiger partial charge < -0.3 is 9.73 Å². The molecule has 1 amide bonds. The first-order valence-electron chi connectivity index (χ1n) is 10.7. The number of hydrogen-bond acceptors (Lipinski definition) is 6. The van der Waals surface area contributed by atoms with Crippen molar-refractivity contribution >= 4 is 39.5 Å². The van der Waals surface area contributed by atoms with Gasteiger partial charge in [-0.2, -0.15) is 0 Å². The Morgan fingerprint density at radius 3 is 2.45 bits per heavy atom. The van der Waals surface area contributed by atoms with Crippen molar-refractivity contribution in [2.24, 2.45) is 10.6 Å². The highest BCUT2D eigenvalue weighted by atomic mass is 16.7. The molecule has 0 aliphatic heterocycles. The monoisotopic (exact) mass is 421 g/mol. The fourth-order valence-electron chi connectivity index (χ4n) is 3.77. The summed E-state index contributed by atoms with van der Waals surface area (Å²) >= 11 is 0. The van der Waals surface area contributed by atoms with Crippen LogP contribution in [-0.2, 0) is 9.63 Å². The molecule has 1 heterocycles. The number of Topliss-reactive ketones (excluding diaryl/α,β-unsaturated/α-hetero) is 1. The van der Waals surface area contributed by atoms with E-state index < -0.39 is 11.5 Å². The van der Waals surface area contributed by atoms with Crippen molar-refractivity contribution in [1.29, 1.82) is 0 Å². The van der Waals surface area contributed by atoms with E-state index in [1.54, 1.807) is 20.8 Å². The first-order chi connectivity index (χ1) is 14.8. The van der Waals surface area contributed by atoms with Crippen LogP contribution in [0.4, 0.5) is 4.79 Å². The van der Waals surface area contributed by atoms with Gasteiger partial charge in [-0.25, -0.2) is 9.78 Å². The molecular weight excluding hydrogens is 394 g/mol. The number of oxime groups is 1. The van der Waals surface area contributed by atoms with Crippen LogP contribution in [0.2, 0.25) is 0 Å². The summed E-state index contributed by atoms with van der Waals surface area (Å²) in [6, 6.07) is 11.7. The minimum atomic E-state index is -0.757. The molecule has 7 nitrogen and oxygen atoms in total. The maximum atomic E-state index is 13.0. The predicted octanol–water partition coefficient (Wildman–Crippen LogP) is 5.36. The number of rotatable bonds is 4. The van der Waals surface area contributed by atoms with E-state index in [9.17, 15) is 9.59 Å². The van der Waals surface area contributed by atoms with E-state index in [1.807, 2.05) is 36.4 Å². The van der Waals surface area contributed by atoms with Gasteiger partial charge in [0, 0.05) is 11.5 Å². The summed E-state index contributed by atoms with van der Waals surface area (Å²) in [6.45, 7) is 5.30. The van der Waals surface area contributed by atoms with E-state index in [0.717, 1.165) is 36.5 Å². The number of ketones is 1. The Hall–Kier alpha value is -3.22. The van der Waals surface area contributed by atoms with E-state index in [1.165, 1.54) is 6.42 Å². The van der Waals surface area contributed by atoms with Crippen molar-refractivity contribution in [2.75, 3.05) is 0 Å². The minimum Gasteiger partial charge on any atom is -0.434 e. The molecule has 1 aromatic heterocycles. The smallest absolute Gasteiger partial charge is 0.433 e. The number of fused-ring (bicyclic) bond motifs is 2. The average molecular weight is 421 g/mol. The first kappa shape index (κ1) is 21.0. The second-order valence-electron chi connectivity index (χ2n) is 9.06. The summed E-state index contributed by atoms with van der Waals surface area (Å²) in [5.41, 5.74) is 0.281. The van der Waals surface area contributed by atoms with Crippen LogP contribution in [0.1, 0.15) is 58.8 Å². The standard InChI is InChI=1S/C24H27N3O4/c1-24(2,3)21(28)20(27-31-23(29)25-17-11-5-4-6-12-17)22-26-18-13-15-9-7-8-10-16(15)14-19(18)30-22/h7-10,13-14,17H,4-6,11-12H2,1-3H3,(H,25,29)/b27-20+. The van der Waals surface area contributed by atoms with Crippen LogP contribution < -0.4 is 5.32 Å². The number of hydrogen-bond donors (Lipinski definition) is 1. The molecule has 0 bridgehead atoms. The lowest BCUT2D eigenvalue weighted by Gasteiger charge is -2.21. The van der Waals surface area contributed by atoms with Gasteiger partial charge in [0.1, 0.15) is 5.52 Å². The summed E-state index contributed by atoms with van der Waals surface area (Å²) in [4.78, 5) is 34.8. The second kappa shape index (κ2) is 8.49. The van der Waals surface area contributed by atoms with Crippen molar-refractivity contribution in [1.82, 2.24) is 10.3 Å². The zero-order valence-electron chi connectivity index (χ0n) is 18.1. The molecule has 1 fully saturated rings. The van der Waals surface area contributed by atoms with Crippen molar-refractivity contribution in [2.45, 2.75) is 58.9 Å². The molecule has 31 heavy (non-hydrogen) atoms. The number of carbonyl (C=O) groups is 2. The highest BCUT2D eigenvalue weighted by Crippen LogP contribution is 2.26. The third kappa shape index (κ3) is 4.76. The van der Waals surface area contributed by atoms with Crippen molar-refractivity contribution in [3.05, 3.63) is 42.3 Å². The molecular formula is C24H27N3O4. The Morgan fingerprint density at radius 1 is 1.10 bits per heavy atom. The predicted molar refractivity (Wildman–Crippen MR) is 119 cm³/mol. The second-order valence-corrected chi connectivity index (χ2v) is 9.06. The zero-order chi connectivity index (χ0) is 22.0. The van der Waals surface area contributed by atoms with Gasteiger partial charge in [-0.3, -0.25) is 9.63 Å². The minimum absolute atomic E-state index is 0.0377. The van der Waals surface area contributed by atoms with E-state index in [2.05, 4.69) is 15.5 Å². The van der Waals surface area contributed by atoms with Gasteiger partial charge in [0.25, 0.3) is 5.89 Å². The third-order valence-electron chi connectivity index (χ3n) is 5.50. The van der Waals surface area contributed by atoms with Gasteiger partial charge in [-0.1, -0.05) is 69.5 Å². The fraction of sp³-hybridized carbons (Fsp3) is 0.417. The Morgan fingerprint density at radius 2 is 1.77 bits per heavy atom. The molecule has 1 N–H and O–H groups in total. The molecule has 0 saturated heterocycles. The quantitative estimate of drug-likeness (QED) is 0.348. The summed E-state index contributed by atoms with van der Waals surface area (Å²) in [5, 5.41) is 8.72. The molecule has 162 valence electrons. The molecule has 1 aliphatic rings. The van der Waals surface area contributed by atoms with Gasteiger partial charge in [0.15, 0.2) is 11.4 Å². The van der Waals surface area contributed by atoms with Crippen molar-refractivity contribution in [3.63, 3.8) is 0 Å². The number of aromatic nitrogens is 1. The van der Waals surface area contributed by atoms with Crippen LogP contribution >= 0.6 is 0 Å². The lowest BCUT2D eigenvalue weighted by atomic mass is 9.88. The SMILES string of the molecule is CC(C)(C)C(=O)/C(=N\OC(=O)NC1CCCCC1)c1nc2cc3ccccc3cc2o1. The zero-order valence-corrected chi connectivity index (χ0v) is 18.1. The maximum Gasteiger partial charge on any atom is 0.433 e. The molecule has 0 spiro atoms. The molecule has 3 aromatic rings. The molecule has 0 radical (unpaired) electrons. The summed E-state index contributed by atoms with van der Waals surface area (Å²) in [6.07, 6.45) is 4.52. The number of nitrogens with one attached hydrogen (secondary N) is 1. The molecule has 7 heteroatoms. The van der Waals surface area contributed by atoms with Gasteiger partial charge >= 0.3 is 6.09 Å². The summed E-state index contributed by atoms with van der Waals surface area (Å²) in [7, 11) is 0. The molecule has 4 rings (SSSR count). The van der Waals surface area contributed by atoms with Gasteiger partial charge in [-0.15, -0.1) is 0 Å². The van der Waals surface area contributed by atoms with Gasteiger partial charge in [0.2, 0.25) is 5.71 Å². The van der Waals surface area contributed by atoms with Gasteiger partial charge in [-0.05, 0) is 35.7 Å². The van der Waals surface area contributed by atoms with Crippen LogP contribution in [-0.4, -0.2) is 28.6 Å². The first-order valence-corrected chi connectivity index (χ1v) is 10.7. The van der Waals surface area contributed by atoms with Crippen molar-refractivity contribution in [3.8, 4) is 0 Å². The Kier molecular flexibility index (Phi) is 5.76. The van der Waals surface area contributed by atoms with Crippen LogP contribution in [0.5, 0.6) is 0 Å².